The number of ether oxygens (including phenoxy) is 3. The van der Waals surface area contributed by atoms with Crippen LogP contribution in [0.15, 0.2) is 42.9 Å². The van der Waals surface area contributed by atoms with Crippen LogP contribution < -0.4 is 5.73 Å². The molecule has 2 aliphatic rings. The van der Waals surface area contributed by atoms with Crippen LogP contribution in [-0.2, 0) is 14.2 Å². The van der Waals surface area contributed by atoms with Crippen molar-refractivity contribution in [1.29, 1.82) is 0 Å². The second-order valence-electron chi connectivity index (χ2n) is 7.57. The average molecular weight is 366 g/mol. The maximum Gasteiger partial charge on any atom is 0.164 e. The molecule has 5 rings (SSSR count). The summed E-state index contributed by atoms with van der Waals surface area (Å²) < 4.78 is 20.4. The highest BCUT2D eigenvalue weighted by Gasteiger charge is 2.54. The van der Waals surface area contributed by atoms with Gasteiger partial charge in [-0.1, -0.05) is 30.3 Å². The van der Waals surface area contributed by atoms with Gasteiger partial charge >= 0.3 is 0 Å². The van der Waals surface area contributed by atoms with E-state index in [0.29, 0.717) is 5.82 Å². The van der Waals surface area contributed by atoms with E-state index in [1.54, 1.807) is 0 Å². The van der Waals surface area contributed by atoms with Crippen molar-refractivity contribution in [3.63, 3.8) is 0 Å². The maximum absolute atomic E-state index is 6.22. The smallest absolute Gasteiger partial charge is 0.164 e. The molecule has 3 aromatic rings. The van der Waals surface area contributed by atoms with E-state index in [0.717, 1.165) is 22.2 Å². The van der Waals surface area contributed by atoms with Crippen LogP contribution in [0, 0.1) is 0 Å². The zero-order chi connectivity index (χ0) is 18.8. The van der Waals surface area contributed by atoms with Crippen LogP contribution in [-0.4, -0.2) is 38.6 Å². The van der Waals surface area contributed by atoms with Gasteiger partial charge in [0.1, 0.15) is 30.0 Å². The minimum absolute atomic E-state index is 0.0846. The lowest BCUT2D eigenvalue weighted by atomic mass is 10.1. The fraction of sp³-hybridized carbons (Fsp3) is 0.400. The van der Waals surface area contributed by atoms with Crippen molar-refractivity contribution in [2.45, 2.75) is 51.1 Å². The Kier molecular flexibility index (Phi) is 3.56. The van der Waals surface area contributed by atoms with Crippen LogP contribution in [0.4, 0.5) is 5.82 Å². The van der Waals surface area contributed by atoms with Crippen molar-refractivity contribution in [3.05, 3.63) is 42.9 Å². The normalized spacial score (nSPS) is 29.3. The Balaban J connectivity index is 1.68. The topological polar surface area (TPSA) is 84.4 Å². The second kappa shape index (κ2) is 5.76. The molecular formula is C20H22N4O3. The molecular weight excluding hydrogens is 344 g/mol. The Bertz CT molecular complexity index is 1000. The molecule has 0 radical (unpaired) electrons. The van der Waals surface area contributed by atoms with E-state index in [4.69, 9.17) is 19.9 Å². The van der Waals surface area contributed by atoms with Gasteiger partial charge in [-0.25, -0.2) is 9.97 Å². The van der Waals surface area contributed by atoms with Crippen molar-refractivity contribution in [2.75, 3.05) is 5.73 Å². The molecule has 0 bridgehead atoms. The van der Waals surface area contributed by atoms with Crippen molar-refractivity contribution in [3.8, 4) is 11.1 Å². The Morgan fingerprint density at radius 1 is 1.07 bits per heavy atom. The molecule has 2 aromatic heterocycles. The van der Waals surface area contributed by atoms with E-state index in [9.17, 15) is 0 Å². The van der Waals surface area contributed by atoms with Gasteiger partial charge in [-0.05, 0) is 26.3 Å². The lowest BCUT2D eigenvalue weighted by molar-refractivity contribution is -0.194. The number of benzene rings is 1. The summed E-state index contributed by atoms with van der Waals surface area (Å²) in [4.78, 5) is 8.70. The van der Waals surface area contributed by atoms with Gasteiger partial charge < -0.3 is 24.5 Å². The van der Waals surface area contributed by atoms with Crippen LogP contribution in [0.25, 0.3) is 22.2 Å². The third-order valence-corrected chi connectivity index (χ3v) is 5.26. The minimum Gasteiger partial charge on any atom is -0.383 e. The highest BCUT2D eigenvalue weighted by Crippen LogP contribution is 2.45. The molecule has 0 amide bonds. The Hall–Kier alpha value is -2.48. The van der Waals surface area contributed by atoms with Gasteiger partial charge in [0.25, 0.3) is 0 Å². The maximum atomic E-state index is 6.22. The van der Waals surface area contributed by atoms with Crippen LogP contribution in [0.2, 0.25) is 0 Å². The van der Waals surface area contributed by atoms with Crippen molar-refractivity contribution in [1.82, 2.24) is 14.5 Å². The van der Waals surface area contributed by atoms with Gasteiger partial charge in [0.15, 0.2) is 12.0 Å². The molecule has 4 heterocycles. The van der Waals surface area contributed by atoms with Crippen LogP contribution >= 0.6 is 0 Å². The van der Waals surface area contributed by atoms with E-state index in [1.165, 1.54) is 6.33 Å². The summed E-state index contributed by atoms with van der Waals surface area (Å²) in [5.41, 5.74) is 8.98. The van der Waals surface area contributed by atoms with Gasteiger partial charge in [0, 0.05) is 11.8 Å². The highest BCUT2D eigenvalue weighted by molar-refractivity contribution is 6.00. The molecule has 2 fully saturated rings. The zero-order valence-corrected chi connectivity index (χ0v) is 15.5. The summed E-state index contributed by atoms with van der Waals surface area (Å²) in [6, 6.07) is 10.1. The molecule has 0 spiro atoms. The molecule has 0 unspecified atom stereocenters. The number of nitrogen functional groups attached to an aromatic ring is 1. The molecule has 1 aromatic carbocycles. The van der Waals surface area contributed by atoms with Gasteiger partial charge in [-0.3, -0.25) is 0 Å². The predicted octanol–water partition coefficient (Wildman–Crippen LogP) is 3.12. The van der Waals surface area contributed by atoms with Gasteiger partial charge in [0.2, 0.25) is 0 Å². The monoisotopic (exact) mass is 366 g/mol. The van der Waals surface area contributed by atoms with Crippen molar-refractivity contribution < 1.29 is 14.2 Å². The number of anilines is 1. The van der Waals surface area contributed by atoms with Crippen LogP contribution in [0.1, 0.15) is 27.0 Å². The van der Waals surface area contributed by atoms with Gasteiger partial charge in [-0.2, -0.15) is 0 Å². The summed E-state index contributed by atoms with van der Waals surface area (Å²) >= 11 is 0. The summed E-state index contributed by atoms with van der Waals surface area (Å²) in [6.07, 6.45) is 2.74. The molecule has 27 heavy (non-hydrogen) atoms. The molecule has 7 nitrogen and oxygen atoms in total. The van der Waals surface area contributed by atoms with E-state index < -0.39 is 5.79 Å². The van der Waals surface area contributed by atoms with Gasteiger partial charge in [0.05, 0.1) is 11.5 Å². The molecule has 140 valence electrons. The number of nitrogens with zero attached hydrogens (tertiary/aromatic N) is 3. The Morgan fingerprint density at radius 2 is 1.81 bits per heavy atom. The molecule has 2 N–H and O–H groups in total. The number of hydrogen-bond donors (Lipinski definition) is 1. The van der Waals surface area contributed by atoms with Crippen LogP contribution in [0.3, 0.4) is 0 Å². The Labute approximate surface area is 157 Å². The quantitative estimate of drug-likeness (QED) is 0.750. The van der Waals surface area contributed by atoms with Crippen molar-refractivity contribution in [2.24, 2.45) is 0 Å². The zero-order valence-electron chi connectivity index (χ0n) is 15.5. The van der Waals surface area contributed by atoms with E-state index in [2.05, 4.69) is 9.97 Å². The molecule has 7 heteroatoms. The molecule has 2 saturated heterocycles. The minimum atomic E-state index is -0.634. The molecule has 2 aliphatic heterocycles. The van der Waals surface area contributed by atoms with E-state index in [-0.39, 0.29) is 24.5 Å². The number of fused-ring (bicyclic) bond motifs is 2. The standard InChI is InChI=1S/C20H22N4O3/c1-11-15-16(27-20(2,3)26-15)19(25-11)24-9-13(12-7-5-4-6-8-12)14-17(21)22-10-23-18(14)24/h4-11,15-16,19H,1-3H3,(H2,21,22,23)/t11-,15-,16-,19-/m1/s1. The second-order valence-corrected chi connectivity index (χ2v) is 7.57. The predicted molar refractivity (Wildman–Crippen MR) is 101 cm³/mol. The number of nitrogens with two attached hydrogens (primary N) is 1. The first-order valence-electron chi connectivity index (χ1n) is 9.12. The number of aromatic nitrogens is 3. The van der Waals surface area contributed by atoms with Crippen LogP contribution in [0.5, 0.6) is 0 Å². The molecule has 0 saturated carbocycles. The first-order valence-corrected chi connectivity index (χ1v) is 9.12. The number of rotatable bonds is 2. The van der Waals surface area contributed by atoms with E-state index in [1.807, 2.05) is 61.9 Å². The van der Waals surface area contributed by atoms with Gasteiger partial charge in [-0.15, -0.1) is 0 Å². The average Bonchev–Trinajstić information content (AvgIpc) is 3.27. The summed E-state index contributed by atoms with van der Waals surface area (Å²) in [6.45, 7) is 5.87. The lowest BCUT2D eigenvalue weighted by Gasteiger charge is -2.24. The molecule has 4 atom stereocenters. The third kappa shape index (κ3) is 2.54. The lowest BCUT2D eigenvalue weighted by Crippen LogP contribution is -2.27. The summed E-state index contributed by atoms with van der Waals surface area (Å²) in [5.74, 6) is -0.186. The number of hydrogen-bond acceptors (Lipinski definition) is 6. The van der Waals surface area contributed by atoms with Crippen molar-refractivity contribution >= 4 is 16.9 Å². The summed E-state index contributed by atoms with van der Waals surface area (Å²) in [5, 5.41) is 0.821. The largest absolute Gasteiger partial charge is 0.383 e. The fourth-order valence-electron chi connectivity index (χ4n) is 4.14. The first kappa shape index (κ1) is 16.7. The third-order valence-electron chi connectivity index (χ3n) is 5.26. The fourth-order valence-corrected chi connectivity index (χ4v) is 4.14. The Morgan fingerprint density at radius 3 is 2.59 bits per heavy atom. The first-order chi connectivity index (χ1) is 12.9. The molecule has 0 aliphatic carbocycles. The summed E-state index contributed by atoms with van der Waals surface area (Å²) in [7, 11) is 0. The SMILES string of the molecule is C[C@H]1O[C@@H](n2cc(-c3ccccc3)c3c(N)ncnc32)[C@@H]2OC(C)(C)O[C@@H]21. The van der Waals surface area contributed by atoms with E-state index >= 15 is 0 Å². The highest BCUT2D eigenvalue weighted by atomic mass is 16.8.